The first-order chi connectivity index (χ1) is 40.5. The molecule has 0 radical (unpaired) electrons. The van der Waals surface area contributed by atoms with Gasteiger partial charge in [-0.05, 0) is 58.3 Å². The van der Waals surface area contributed by atoms with Crippen molar-refractivity contribution in [2.45, 2.75) is 218 Å². The second kappa shape index (κ2) is 51.1. The van der Waals surface area contributed by atoms with Crippen molar-refractivity contribution in [2.24, 2.45) is 11.8 Å². The van der Waals surface area contributed by atoms with E-state index in [0.29, 0.717) is 32.1 Å². The molecule has 27 nitrogen and oxygen atoms in total. The maximum atomic E-state index is 12.7. The van der Waals surface area contributed by atoms with E-state index >= 15 is 0 Å². The average Bonchev–Trinajstić information content (AvgIpc) is 3.59. The number of hydrogen-bond acceptors (Lipinski definition) is 17. The normalized spacial score (nSPS) is 13.3. The van der Waals surface area contributed by atoms with Gasteiger partial charge < -0.3 is 76.2 Å². The molecule has 0 aromatic rings. The predicted octanol–water partition coefficient (Wildman–Crippen LogP) is 4.35. The molecular formula is C58H103N5O22. The molecule has 0 unspecified atom stereocenters. The Labute approximate surface area is 501 Å². The lowest BCUT2D eigenvalue weighted by Gasteiger charge is -2.19. The number of carboxylic acids is 5. The molecule has 0 rings (SSSR count). The standard InChI is InChI=1S/C58H99N5O22.2H2/c1-41(54(73)63-53(42(2)64)58(80)81)20-17-18-30-59-49(68)29-27-47(57(78)79)62-51(70)40-85-37-34-82-32-19-21-45(66)39-84-36-35-83-33-31-60-48(67)28-24-43(55(74)75)38-44(65)25-26-46(56(76)77)61-50(69)22-15-13-11-9-7-5-3-4-6-8-10-12-14-16-23-52(71)72;;/h41-43,46-47,53,64H,3-40H2,1-2H3,(H,59,68)(H,60,67)(H,61,69)(H,62,70)(H,63,73)(H,71,72)(H,74,75)(H,76,77)(H,78,79)(H,80,81);2*1H/t41-,42+,43+,46-,47-,53-;;/m0../s1. The van der Waals surface area contributed by atoms with E-state index in [-0.39, 0.29) is 126 Å². The van der Waals surface area contributed by atoms with Crippen LogP contribution < -0.4 is 26.6 Å². The van der Waals surface area contributed by atoms with Gasteiger partial charge in [0.15, 0.2) is 11.8 Å². The molecule has 0 aliphatic carbocycles. The van der Waals surface area contributed by atoms with Crippen LogP contribution in [0.4, 0.5) is 0 Å². The van der Waals surface area contributed by atoms with E-state index in [2.05, 4.69) is 26.6 Å². The number of aliphatic hydroxyl groups excluding tert-OH is 1. The second-order valence-corrected chi connectivity index (χ2v) is 21.3. The van der Waals surface area contributed by atoms with Crippen molar-refractivity contribution in [2.75, 3.05) is 65.9 Å². The molecule has 0 saturated heterocycles. The van der Waals surface area contributed by atoms with Crippen molar-refractivity contribution in [3.8, 4) is 0 Å². The van der Waals surface area contributed by atoms with Gasteiger partial charge in [-0.1, -0.05) is 90.4 Å². The number of aliphatic hydroxyl groups is 1. The van der Waals surface area contributed by atoms with E-state index in [9.17, 15) is 78.0 Å². The van der Waals surface area contributed by atoms with E-state index in [0.717, 1.165) is 57.8 Å². The SMILES string of the molecule is C[C@@H](CCCCNC(=O)CC[C@H](NC(=O)COCCOCCCC(=O)COCCOCCNC(=O)CC[C@H](CC(=O)CC[C@H](NC(=O)CCCCCCCCCCCCCCCCC(=O)O)C(=O)O)C(=O)O)C(=O)O)C(=O)N[C@H](C(=O)O)[C@@H](C)O.[HH].[HH]. The number of aliphatic carboxylic acids is 5. The molecule has 0 heterocycles. The summed E-state index contributed by atoms with van der Waals surface area (Å²) < 4.78 is 21.4. The fourth-order valence-corrected chi connectivity index (χ4v) is 8.57. The topological polar surface area (TPSA) is 423 Å². The molecular weight excluding hydrogens is 1120 g/mol. The van der Waals surface area contributed by atoms with Gasteiger partial charge in [-0.3, -0.25) is 43.2 Å². The molecule has 0 bridgehead atoms. The van der Waals surface area contributed by atoms with Gasteiger partial charge in [-0.2, -0.15) is 0 Å². The molecule has 0 fully saturated rings. The summed E-state index contributed by atoms with van der Waals surface area (Å²) >= 11 is 0. The zero-order valence-electron chi connectivity index (χ0n) is 50.0. The number of ether oxygens (including phenoxy) is 4. The van der Waals surface area contributed by atoms with E-state index < -0.39 is 114 Å². The first-order valence-electron chi connectivity index (χ1n) is 30.1. The Hall–Kier alpha value is -6.16. The zero-order valence-corrected chi connectivity index (χ0v) is 50.0. The Morgan fingerprint density at radius 3 is 1.40 bits per heavy atom. The lowest BCUT2D eigenvalue weighted by atomic mass is 9.94. The van der Waals surface area contributed by atoms with Crippen molar-refractivity contribution in [1.29, 1.82) is 0 Å². The number of amides is 5. The number of carbonyl (C=O) groups excluding carboxylic acids is 7. The van der Waals surface area contributed by atoms with Crippen molar-refractivity contribution in [1.82, 2.24) is 26.6 Å². The first kappa shape index (κ1) is 78.8. The number of hydrogen-bond donors (Lipinski definition) is 11. The molecule has 0 aromatic carbocycles. The maximum Gasteiger partial charge on any atom is 0.328 e. The van der Waals surface area contributed by atoms with E-state index in [1.807, 2.05) is 0 Å². The number of carbonyl (C=O) groups is 12. The summed E-state index contributed by atoms with van der Waals surface area (Å²) in [6.07, 6.45) is 14.0. The molecule has 6 atom stereocenters. The van der Waals surface area contributed by atoms with Gasteiger partial charge in [0.2, 0.25) is 29.5 Å². The van der Waals surface area contributed by atoms with Crippen LogP contribution >= 0.6 is 0 Å². The summed E-state index contributed by atoms with van der Waals surface area (Å²) in [6.45, 7) is 3.26. The van der Waals surface area contributed by atoms with Crippen molar-refractivity contribution >= 4 is 70.9 Å². The highest BCUT2D eigenvalue weighted by atomic mass is 16.5. The van der Waals surface area contributed by atoms with Gasteiger partial charge in [0, 0.05) is 73.4 Å². The highest BCUT2D eigenvalue weighted by Gasteiger charge is 2.28. The summed E-state index contributed by atoms with van der Waals surface area (Å²) in [5.74, 6) is -10.9. The number of Topliss-reactive ketones (excluding diaryl/α,β-unsaturated/α-hetero) is 2. The quantitative estimate of drug-likeness (QED) is 0.0377. The molecule has 27 heteroatoms. The van der Waals surface area contributed by atoms with E-state index in [1.54, 1.807) is 6.92 Å². The van der Waals surface area contributed by atoms with Gasteiger partial charge in [-0.25, -0.2) is 14.4 Å². The highest BCUT2D eigenvalue weighted by Crippen LogP contribution is 2.17. The minimum Gasteiger partial charge on any atom is -0.481 e. The van der Waals surface area contributed by atoms with Crippen LogP contribution in [0.2, 0.25) is 0 Å². The Morgan fingerprint density at radius 2 is 0.871 bits per heavy atom. The Morgan fingerprint density at radius 1 is 0.388 bits per heavy atom. The molecule has 0 aromatic heterocycles. The second-order valence-electron chi connectivity index (χ2n) is 21.3. The van der Waals surface area contributed by atoms with Crippen molar-refractivity contribution in [3.05, 3.63) is 0 Å². The first-order valence-corrected chi connectivity index (χ1v) is 30.1. The zero-order chi connectivity index (χ0) is 63.6. The summed E-state index contributed by atoms with van der Waals surface area (Å²) in [5, 5.41) is 68.4. The third kappa shape index (κ3) is 46.8. The lowest BCUT2D eigenvalue weighted by molar-refractivity contribution is -0.145. The summed E-state index contributed by atoms with van der Waals surface area (Å²) in [7, 11) is 0. The molecule has 0 aliphatic heterocycles. The van der Waals surface area contributed by atoms with Crippen LogP contribution in [0.5, 0.6) is 0 Å². The largest absolute Gasteiger partial charge is 0.481 e. The van der Waals surface area contributed by atoms with Gasteiger partial charge in [0.1, 0.15) is 31.1 Å². The smallest absolute Gasteiger partial charge is 0.328 e. The minimum atomic E-state index is -1.43. The van der Waals surface area contributed by atoms with E-state index in [1.165, 1.54) is 32.6 Å². The fourth-order valence-electron chi connectivity index (χ4n) is 8.57. The Balaban J connectivity index is -0.0000353. The van der Waals surface area contributed by atoms with Crippen molar-refractivity contribution < 1.29 is 110 Å². The predicted molar refractivity (Wildman–Crippen MR) is 311 cm³/mol. The number of nitrogens with one attached hydrogen (secondary N) is 5. The molecule has 11 N–H and O–H groups in total. The monoisotopic (exact) mass is 1220 g/mol. The van der Waals surface area contributed by atoms with Gasteiger partial charge >= 0.3 is 29.8 Å². The van der Waals surface area contributed by atoms with E-state index in [4.69, 9.17) is 29.2 Å². The van der Waals surface area contributed by atoms with Crippen LogP contribution in [0.15, 0.2) is 0 Å². The molecule has 492 valence electrons. The van der Waals surface area contributed by atoms with Crippen LogP contribution in [-0.4, -0.2) is 192 Å². The van der Waals surface area contributed by atoms with Crippen LogP contribution in [-0.2, 0) is 76.5 Å². The molecule has 0 saturated carbocycles. The van der Waals surface area contributed by atoms with Gasteiger partial charge in [0.25, 0.3) is 0 Å². The molecule has 5 amide bonds. The number of unbranched alkanes of at least 4 members (excludes halogenated alkanes) is 14. The van der Waals surface area contributed by atoms with Crippen LogP contribution in [0.25, 0.3) is 0 Å². The number of carboxylic acid groups (broad SMARTS) is 5. The average molecular weight is 1220 g/mol. The third-order valence-corrected chi connectivity index (χ3v) is 13.7. The fraction of sp³-hybridized carbons (Fsp3) is 0.793. The number of ketones is 2. The van der Waals surface area contributed by atoms with Gasteiger partial charge in [-0.15, -0.1) is 0 Å². The maximum absolute atomic E-state index is 12.7. The molecule has 0 aliphatic rings. The molecule has 85 heavy (non-hydrogen) atoms. The Bertz CT molecular complexity index is 2000. The minimum absolute atomic E-state index is 0. The molecule has 0 spiro atoms. The van der Waals surface area contributed by atoms with Crippen LogP contribution in [0.1, 0.15) is 196 Å². The highest BCUT2D eigenvalue weighted by molar-refractivity contribution is 5.88. The van der Waals surface area contributed by atoms with Gasteiger partial charge in [0.05, 0.1) is 45.1 Å². The summed E-state index contributed by atoms with van der Waals surface area (Å²) in [5.41, 5.74) is 0. The Kier molecular flexibility index (Phi) is 47.4. The summed E-state index contributed by atoms with van der Waals surface area (Å²) in [4.78, 5) is 143. The third-order valence-electron chi connectivity index (χ3n) is 13.7. The number of rotatable bonds is 59. The summed E-state index contributed by atoms with van der Waals surface area (Å²) in [6, 6.07) is -4.07. The lowest BCUT2D eigenvalue weighted by Crippen LogP contribution is -2.49. The van der Waals surface area contributed by atoms with Crippen LogP contribution in [0.3, 0.4) is 0 Å². The van der Waals surface area contributed by atoms with Crippen molar-refractivity contribution in [3.63, 3.8) is 0 Å². The van der Waals surface area contributed by atoms with Crippen LogP contribution in [0, 0.1) is 11.8 Å².